The first-order valence-corrected chi connectivity index (χ1v) is 3.59. The molecule has 0 aliphatic rings. The Morgan fingerprint density at radius 1 is 1.73 bits per heavy atom. The second kappa shape index (κ2) is 3.39. The lowest BCUT2D eigenvalue weighted by Gasteiger charge is -1.99. The molecule has 0 aliphatic heterocycles. The van der Waals surface area contributed by atoms with Crippen molar-refractivity contribution in [2.45, 2.75) is 13.5 Å². The van der Waals surface area contributed by atoms with Crippen LogP contribution in [0.15, 0.2) is 6.20 Å². The fourth-order valence-electron chi connectivity index (χ4n) is 0.816. The van der Waals surface area contributed by atoms with Gasteiger partial charge in [0.05, 0.1) is 12.8 Å². The Morgan fingerprint density at radius 3 is 2.91 bits per heavy atom. The van der Waals surface area contributed by atoms with E-state index in [1.807, 2.05) is 14.0 Å². The fraction of sp³-hybridized carbons (Fsp3) is 0.571. The van der Waals surface area contributed by atoms with Crippen LogP contribution in [0.25, 0.3) is 0 Å². The summed E-state index contributed by atoms with van der Waals surface area (Å²) in [5, 5.41) is 3.98. The molecule has 0 atom stereocenters. The standard InChI is InChI=1S/C7H13N3O/c1-3-11-5-6-4-9-10(2)7(6)8/h4H,3,5,8H2,1-2H3. The molecule has 62 valence electrons. The Bertz CT molecular complexity index is 232. The van der Waals surface area contributed by atoms with E-state index in [-0.39, 0.29) is 0 Å². The minimum absolute atomic E-state index is 0.552. The van der Waals surface area contributed by atoms with Crippen molar-refractivity contribution in [3.8, 4) is 0 Å². The van der Waals surface area contributed by atoms with Crippen molar-refractivity contribution in [1.82, 2.24) is 9.78 Å². The highest BCUT2D eigenvalue weighted by molar-refractivity contribution is 5.37. The van der Waals surface area contributed by atoms with E-state index in [1.54, 1.807) is 10.9 Å². The number of anilines is 1. The summed E-state index contributed by atoms with van der Waals surface area (Å²) in [4.78, 5) is 0. The third kappa shape index (κ3) is 1.71. The monoisotopic (exact) mass is 155 g/mol. The number of ether oxygens (including phenoxy) is 1. The SMILES string of the molecule is CCOCc1cnn(C)c1N. The van der Waals surface area contributed by atoms with Crippen molar-refractivity contribution in [1.29, 1.82) is 0 Å². The molecule has 0 bridgehead atoms. The van der Waals surface area contributed by atoms with Gasteiger partial charge in [-0.2, -0.15) is 5.10 Å². The molecule has 0 amide bonds. The van der Waals surface area contributed by atoms with Crippen LogP contribution in [0.1, 0.15) is 12.5 Å². The van der Waals surface area contributed by atoms with Gasteiger partial charge in [0.25, 0.3) is 0 Å². The molecule has 0 aliphatic carbocycles. The van der Waals surface area contributed by atoms with Crippen LogP contribution >= 0.6 is 0 Å². The normalized spacial score (nSPS) is 10.4. The van der Waals surface area contributed by atoms with Crippen molar-refractivity contribution in [3.63, 3.8) is 0 Å². The van der Waals surface area contributed by atoms with E-state index in [9.17, 15) is 0 Å². The first kappa shape index (κ1) is 8.07. The number of aryl methyl sites for hydroxylation is 1. The van der Waals surface area contributed by atoms with Gasteiger partial charge in [0.1, 0.15) is 5.82 Å². The van der Waals surface area contributed by atoms with Crippen molar-refractivity contribution < 1.29 is 4.74 Å². The lowest BCUT2D eigenvalue weighted by molar-refractivity contribution is 0.134. The number of nitrogens with zero attached hydrogens (tertiary/aromatic N) is 2. The molecule has 0 spiro atoms. The summed E-state index contributed by atoms with van der Waals surface area (Å²) in [7, 11) is 1.81. The zero-order valence-electron chi connectivity index (χ0n) is 6.87. The van der Waals surface area contributed by atoms with Gasteiger partial charge in [0.15, 0.2) is 0 Å². The fourth-order valence-corrected chi connectivity index (χ4v) is 0.816. The minimum Gasteiger partial charge on any atom is -0.384 e. The summed E-state index contributed by atoms with van der Waals surface area (Å²) >= 11 is 0. The summed E-state index contributed by atoms with van der Waals surface area (Å²) in [6.45, 7) is 3.21. The van der Waals surface area contributed by atoms with Crippen molar-refractivity contribution >= 4 is 5.82 Å². The van der Waals surface area contributed by atoms with E-state index in [4.69, 9.17) is 10.5 Å². The molecule has 1 aromatic rings. The lowest BCUT2D eigenvalue weighted by Crippen LogP contribution is -2.00. The van der Waals surface area contributed by atoms with Gasteiger partial charge in [-0.15, -0.1) is 0 Å². The predicted molar refractivity (Wildman–Crippen MR) is 43.0 cm³/mol. The van der Waals surface area contributed by atoms with Crippen LogP contribution in [-0.2, 0) is 18.4 Å². The summed E-state index contributed by atoms with van der Waals surface area (Å²) in [5.74, 6) is 0.679. The molecule has 0 aromatic carbocycles. The van der Waals surface area contributed by atoms with Gasteiger partial charge >= 0.3 is 0 Å². The molecular weight excluding hydrogens is 142 g/mol. The number of nitrogens with two attached hydrogens (primary N) is 1. The van der Waals surface area contributed by atoms with Crippen molar-refractivity contribution in [2.75, 3.05) is 12.3 Å². The number of rotatable bonds is 3. The van der Waals surface area contributed by atoms with Gasteiger partial charge in [-0.3, -0.25) is 4.68 Å². The quantitative estimate of drug-likeness (QED) is 0.693. The average molecular weight is 155 g/mol. The van der Waals surface area contributed by atoms with Crippen LogP contribution in [0.2, 0.25) is 0 Å². The maximum Gasteiger partial charge on any atom is 0.126 e. The molecule has 11 heavy (non-hydrogen) atoms. The molecular formula is C7H13N3O. The molecule has 4 heteroatoms. The number of hydrogen-bond acceptors (Lipinski definition) is 3. The van der Waals surface area contributed by atoms with E-state index in [0.29, 0.717) is 19.0 Å². The van der Waals surface area contributed by atoms with Gasteiger partial charge in [-0.05, 0) is 6.92 Å². The number of hydrogen-bond donors (Lipinski definition) is 1. The molecule has 2 N–H and O–H groups in total. The highest BCUT2D eigenvalue weighted by Gasteiger charge is 2.02. The second-order valence-electron chi connectivity index (χ2n) is 2.32. The van der Waals surface area contributed by atoms with Crippen molar-refractivity contribution in [3.05, 3.63) is 11.8 Å². The van der Waals surface area contributed by atoms with Gasteiger partial charge in [-0.25, -0.2) is 0 Å². The minimum atomic E-state index is 0.552. The molecule has 4 nitrogen and oxygen atoms in total. The maximum atomic E-state index is 5.66. The smallest absolute Gasteiger partial charge is 0.126 e. The van der Waals surface area contributed by atoms with Gasteiger partial charge in [-0.1, -0.05) is 0 Å². The Balaban J connectivity index is 2.63. The third-order valence-electron chi connectivity index (χ3n) is 1.53. The summed E-state index contributed by atoms with van der Waals surface area (Å²) in [6.07, 6.45) is 1.73. The highest BCUT2D eigenvalue weighted by atomic mass is 16.5. The van der Waals surface area contributed by atoms with E-state index >= 15 is 0 Å². The molecule has 0 radical (unpaired) electrons. The number of aromatic nitrogens is 2. The molecule has 0 unspecified atom stereocenters. The van der Waals surface area contributed by atoms with Gasteiger partial charge in [0, 0.05) is 19.2 Å². The molecule has 0 saturated carbocycles. The van der Waals surface area contributed by atoms with E-state index in [0.717, 1.165) is 5.56 Å². The van der Waals surface area contributed by atoms with Gasteiger partial charge in [0.2, 0.25) is 0 Å². The second-order valence-corrected chi connectivity index (χ2v) is 2.32. The van der Waals surface area contributed by atoms with Crippen LogP contribution < -0.4 is 5.73 Å². The average Bonchev–Trinajstić information content (AvgIpc) is 2.31. The topological polar surface area (TPSA) is 53.1 Å². The highest BCUT2D eigenvalue weighted by Crippen LogP contribution is 2.09. The van der Waals surface area contributed by atoms with Gasteiger partial charge < -0.3 is 10.5 Å². The Labute approximate surface area is 66.0 Å². The van der Waals surface area contributed by atoms with Crippen LogP contribution in [0, 0.1) is 0 Å². The summed E-state index contributed by atoms with van der Waals surface area (Å²) in [5.41, 5.74) is 6.62. The molecule has 0 saturated heterocycles. The Morgan fingerprint density at radius 2 is 2.45 bits per heavy atom. The third-order valence-corrected chi connectivity index (χ3v) is 1.53. The summed E-state index contributed by atoms with van der Waals surface area (Å²) in [6, 6.07) is 0. The van der Waals surface area contributed by atoms with E-state index in [1.165, 1.54) is 0 Å². The zero-order chi connectivity index (χ0) is 8.27. The number of nitrogen functional groups attached to an aromatic ring is 1. The van der Waals surface area contributed by atoms with Crippen LogP contribution in [-0.4, -0.2) is 16.4 Å². The molecule has 0 fully saturated rings. The van der Waals surface area contributed by atoms with E-state index < -0.39 is 0 Å². The largest absolute Gasteiger partial charge is 0.384 e. The Kier molecular flexibility index (Phi) is 2.48. The predicted octanol–water partition coefficient (Wildman–Crippen LogP) is 0.539. The first-order chi connectivity index (χ1) is 5.25. The lowest BCUT2D eigenvalue weighted by atomic mass is 10.3. The van der Waals surface area contributed by atoms with Crippen LogP contribution in [0.3, 0.4) is 0 Å². The Hall–Kier alpha value is -1.03. The van der Waals surface area contributed by atoms with Crippen molar-refractivity contribution in [2.24, 2.45) is 7.05 Å². The van der Waals surface area contributed by atoms with E-state index in [2.05, 4.69) is 5.10 Å². The molecule has 1 aromatic heterocycles. The molecule has 1 rings (SSSR count). The van der Waals surface area contributed by atoms with Crippen LogP contribution in [0.5, 0.6) is 0 Å². The van der Waals surface area contributed by atoms with Crippen LogP contribution in [0.4, 0.5) is 5.82 Å². The first-order valence-electron chi connectivity index (χ1n) is 3.59. The maximum absolute atomic E-state index is 5.66. The zero-order valence-corrected chi connectivity index (χ0v) is 6.87. The molecule has 1 heterocycles. The summed E-state index contributed by atoms with van der Waals surface area (Å²) < 4.78 is 6.81.